The molecule has 2 aromatic carbocycles. The summed E-state index contributed by atoms with van der Waals surface area (Å²) in [7, 11) is 0. The highest BCUT2D eigenvalue weighted by molar-refractivity contribution is 6.06. The molecule has 0 aliphatic carbocycles. The zero-order chi connectivity index (χ0) is 17.2. The van der Waals surface area contributed by atoms with E-state index in [0.29, 0.717) is 11.5 Å². The molecule has 0 amide bonds. The average molecular weight is 324 g/mol. The third-order valence-electron chi connectivity index (χ3n) is 5.18. The molecule has 1 heterocycles. The second-order valence-electron chi connectivity index (χ2n) is 7.09. The van der Waals surface area contributed by atoms with E-state index in [1.165, 1.54) is 0 Å². The largest absolute Gasteiger partial charge is 0.456 e. The van der Waals surface area contributed by atoms with Gasteiger partial charge in [0.25, 0.3) is 0 Å². The fraction of sp³-hybridized carbons (Fsp3) is 0.381. The molecule has 0 atom stereocenters. The Morgan fingerprint density at radius 2 is 1.83 bits per heavy atom. The Kier molecular flexibility index (Phi) is 4.72. The predicted octanol–water partition coefficient (Wildman–Crippen LogP) is 3.39. The summed E-state index contributed by atoms with van der Waals surface area (Å²) in [6, 6.07) is 11.7. The van der Waals surface area contributed by atoms with Crippen LogP contribution in [0.25, 0.3) is 16.8 Å². The normalized spacial score (nSPS) is 16.1. The lowest BCUT2D eigenvalue weighted by atomic mass is 9.83. The highest BCUT2D eigenvalue weighted by atomic mass is 16.6. The average Bonchev–Trinajstić information content (AvgIpc) is 2.61. The number of hydrogen-bond acceptors (Lipinski definition) is 2. The molecule has 126 valence electrons. The number of nitrogens with two attached hydrogens (primary N) is 1. The van der Waals surface area contributed by atoms with Gasteiger partial charge in [0.05, 0.1) is 18.7 Å². The van der Waals surface area contributed by atoms with Crippen LogP contribution in [0, 0.1) is 5.92 Å². The lowest BCUT2D eigenvalue weighted by molar-refractivity contribution is -0.665. The van der Waals surface area contributed by atoms with E-state index in [-0.39, 0.29) is 5.97 Å². The van der Waals surface area contributed by atoms with Crippen LogP contribution in [-0.2, 0) is 4.74 Å². The van der Waals surface area contributed by atoms with Gasteiger partial charge in [-0.05, 0) is 36.2 Å². The Hall–Kier alpha value is -2.13. The molecule has 0 unspecified atom stereocenters. The number of quaternary nitrogens is 1. The molecule has 3 nitrogen and oxygen atoms in total. The molecule has 0 saturated carbocycles. The molecule has 1 aliphatic heterocycles. The first kappa shape index (κ1) is 16.7. The summed E-state index contributed by atoms with van der Waals surface area (Å²) in [6.07, 6.45) is 4.01. The van der Waals surface area contributed by atoms with Crippen LogP contribution in [0.3, 0.4) is 0 Å². The summed E-state index contributed by atoms with van der Waals surface area (Å²) >= 11 is 0. The van der Waals surface area contributed by atoms with Crippen molar-refractivity contribution in [2.75, 3.05) is 13.1 Å². The number of fused-ring (bicyclic) bond motifs is 1. The summed E-state index contributed by atoms with van der Waals surface area (Å²) in [5, 5.41) is 4.29. The number of piperidine rings is 1. The molecule has 3 rings (SSSR count). The number of ether oxygens (including phenoxy) is 1. The highest BCUT2D eigenvalue weighted by Gasteiger charge is 2.35. The van der Waals surface area contributed by atoms with Crippen LogP contribution >= 0.6 is 0 Å². The zero-order valence-corrected chi connectivity index (χ0v) is 14.5. The fourth-order valence-electron chi connectivity index (χ4n) is 3.68. The molecule has 1 saturated heterocycles. The van der Waals surface area contributed by atoms with Crippen molar-refractivity contribution in [2.24, 2.45) is 5.92 Å². The maximum absolute atomic E-state index is 12.9. The first-order valence-corrected chi connectivity index (χ1v) is 8.72. The topological polar surface area (TPSA) is 42.9 Å². The number of benzene rings is 2. The molecule has 0 radical (unpaired) electrons. The van der Waals surface area contributed by atoms with Gasteiger partial charge in [-0.2, -0.15) is 0 Å². The van der Waals surface area contributed by atoms with Gasteiger partial charge in [-0.1, -0.05) is 43.0 Å². The molecule has 1 aliphatic rings. The van der Waals surface area contributed by atoms with Crippen LogP contribution < -0.4 is 5.32 Å². The highest BCUT2D eigenvalue weighted by Crippen LogP contribution is 2.31. The van der Waals surface area contributed by atoms with Crippen LogP contribution in [0.4, 0.5) is 0 Å². The van der Waals surface area contributed by atoms with E-state index in [1.54, 1.807) is 0 Å². The minimum absolute atomic E-state index is 0.235. The predicted molar refractivity (Wildman–Crippen MR) is 97.9 cm³/mol. The fourth-order valence-corrected chi connectivity index (χ4v) is 3.68. The second-order valence-corrected chi connectivity index (χ2v) is 7.09. The van der Waals surface area contributed by atoms with Gasteiger partial charge >= 0.3 is 5.97 Å². The van der Waals surface area contributed by atoms with Gasteiger partial charge in [0.2, 0.25) is 0 Å². The summed E-state index contributed by atoms with van der Waals surface area (Å²) in [6.45, 7) is 10.2. The molecule has 2 N–H and O–H groups in total. The number of rotatable bonds is 4. The molecule has 0 aromatic heterocycles. The summed E-state index contributed by atoms with van der Waals surface area (Å²) in [4.78, 5) is 12.9. The second kappa shape index (κ2) is 6.78. The lowest BCUT2D eigenvalue weighted by Crippen LogP contribution is -2.86. The Morgan fingerprint density at radius 1 is 1.17 bits per heavy atom. The lowest BCUT2D eigenvalue weighted by Gasteiger charge is -2.35. The summed E-state index contributed by atoms with van der Waals surface area (Å²) in [5.41, 5.74) is 1.22. The first-order valence-electron chi connectivity index (χ1n) is 8.72. The van der Waals surface area contributed by atoms with Crippen LogP contribution in [0.5, 0.6) is 0 Å². The molecule has 2 aromatic rings. The van der Waals surface area contributed by atoms with E-state index in [0.717, 1.165) is 42.3 Å². The molecule has 3 heteroatoms. The van der Waals surface area contributed by atoms with Crippen molar-refractivity contribution in [1.82, 2.24) is 0 Å². The number of carbonyl (C=O) groups excluding carboxylic acids is 1. The van der Waals surface area contributed by atoms with Crippen LogP contribution in [-0.4, -0.2) is 24.7 Å². The van der Waals surface area contributed by atoms with Crippen LogP contribution in [0.2, 0.25) is 0 Å². The molecule has 24 heavy (non-hydrogen) atoms. The molecule has 0 bridgehead atoms. The smallest absolute Gasteiger partial charge is 0.339 e. The molecule has 1 fully saturated rings. The minimum atomic E-state index is -0.441. The van der Waals surface area contributed by atoms with E-state index in [9.17, 15) is 4.79 Å². The van der Waals surface area contributed by atoms with Gasteiger partial charge in [-0.25, -0.2) is 4.79 Å². The Labute approximate surface area is 143 Å². The third kappa shape index (κ3) is 3.22. The monoisotopic (exact) mass is 324 g/mol. The van der Waals surface area contributed by atoms with Gasteiger partial charge in [0, 0.05) is 18.8 Å². The SMILES string of the molecule is C=Cc1ccc(C(=O)OC(C)(C)C2CC[NH2+]CC2)c2ccccc12. The molecular formula is C21H26NO2+. The summed E-state index contributed by atoms with van der Waals surface area (Å²) in [5.74, 6) is 0.187. The van der Waals surface area contributed by atoms with Crippen molar-refractivity contribution in [2.45, 2.75) is 32.3 Å². The number of hydrogen-bond donors (Lipinski definition) is 1. The minimum Gasteiger partial charge on any atom is -0.456 e. The summed E-state index contributed by atoms with van der Waals surface area (Å²) < 4.78 is 5.97. The van der Waals surface area contributed by atoms with Gasteiger partial charge in [0.15, 0.2) is 0 Å². The van der Waals surface area contributed by atoms with Crippen LogP contribution in [0.1, 0.15) is 42.6 Å². The van der Waals surface area contributed by atoms with Crippen molar-refractivity contribution in [3.63, 3.8) is 0 Å². The maximum atomic E-state index is 12.9. The van der Waals surface area contributed by atoms with E-state index in [4.69, 9.17) is 4.74 Å². The maximum Gasteiger partial charge on any atom is 0.339 e. The quantitative estimate of drug-likeness (QED) is 0.876. The van der Waals surface area contributed by atoms with Crippen molar-refractivity contribution in [3.05, 3.63) is 54.1 Å². The van der Waals surface area contributed by atoms with Gasteiger partial charge < -0.3 is 10.1 Å². The number of esters is 1. The van der Waals surface area contributed by atoms with Crippen molar-refractivity contribution in [3.8, 4) is 0 Å². The van der Waals surface area contributed by atoms with Crippen LogP contribution in [0.15, 0.2) is 43.0 Å². The Morgan fingerprint density at radius 3 is 2.50 bits per heavy atom. The van der Waals surface area contributed by atoms with E-state index in [1.807, 2.05) is 56.3 Å². The molecular weight excluding hydrogens is 298 g/mol. The first-order chi connectivity index (χ1) is 11.5. The molecule has 0 spiro atoms. The van der Waals surface area contributed by atoms with Crippen molar-refractivity contribution >= 4 is 22.8 Å². The Bertz CT molecular complexity index is 758. The van der Waals surface area contributed by atoms with Gasteiger partial charge in [0.1, 0.15) is 5.60 Å². The Balaban J connectivity index is 1.90. The third-order valence-corrected chi connectivity index (χ3v) is 5.18. The van der Waals surface area contributed by atoms with Gasteiger partial charge in [-0.3, -0.25) is 0 Å². The van der Waals surface area contributed by atoms with Crippen molar-refractivity contribution < 1.29 is 14.8 Å². The van der Waals surface area contributed by atoms with E-state index >= 15 is 0 Å². The van der Waals surface area contributed by atoms with E-state index in [2.05, 4.69) is 11.9 Å². The van der Waals surface area contributed by atoms with Gasteiger partial charge in [-0.15, -0.1) is 0 Å². The van der Waals surface area contributed by atoms with Crippen molar-refractivity contribution in [1.29, 1.82) is 0 Å². The van der Waals surface area contributed by atoms with E-state index < -0.39 is 5.60 Å². The standard InChI is InChI=1S/C21H25NO2/c1-4-15-9-10-19(18-8-6-5-7-17(15)18)20(23)24-21(2,3)16-11-13-22-14-12-16/h4-10,16,22H,1,11-14H2,2-3H3/p+1. The zero-order valence-electron chi connectivity index (χ0n) is 14.5. The number of carbonyl (C=O) groups is 1.